The molecular weight excluding hydrogens is 224 g/mol. The van der Waals surface area contributed by atoms with Gasteiger partial charge in [-0.3, -0.25) is 4.90 Å². The molecule has 1 N–H and O–H groups in total. The van der Waals surface area contributed by atoms with E-state index in [0.717, 1.165) is 39.3 Å². The zero-order valence-corrected chi connectivity index (χ0v) is 11.5. The van der Waals surface area contributed by atoms with E-state index in [1.807, 2.05) is 7.05 Å². The number of hydrogen-bond donors (Lipinski definition) is 1. The first-order valence-electron chi connectivity index (χ1n) is 6.83. The van der Waals surface area contributed by atoms with Gasteiger partial charge in [0, 0.05) is 32.3 Å². The van der Waals surface area contributed by atoms with Crippen LogP contribution in [0.1, 0.15) is 23.6 Å². The highest BCUT2D eigenvalue weighted by Gasteiger charge is 2.15. The molecule has 1 aliphatic rings. The zero-order chi connectivity index (χ0) is 12.8. The third-order valence-electron chi connectivity index (χ3n) is 3.58. The lowest BCUT2D eigenvalue weighted by Gasteiger charge is -2.26. The van der Waals surface area contributed by atoms with Gasteiger partial charge < -0.3 is 10.1 Å². The van der Waals surface area contributed by atoms with E-state index >= 15 is 0 Å². The molecule has 1 unspecified atom stereocenters. The van der Waals surface area contributed by atoms with Crippen LogP contribution in [0.25, 0.3) is 0 Å². The van der Waals surface area contributed by atoms with Crippen molar-refractivity contribution in [3.63, 3.8) is 0 Å². The summed E-state index contributed by atoms with van der Waals surface area (Å²) in [6.07, 6.45) is 1.14. The number of nitrogens with zero attached hydrogens (tertiary/aromatic N) is 1. The van der Waals surface area contributed by atoms with Gasteiger partial charge in [-0.25, -0.2) is 0 Å². The molecule has 18 heavy (non-hydrogen) atoms. The lowest BCUT2D eigenvalue weighted by Crippen LogP contribution is -2.35. The van der Waals surface area contributed by atoms with Crippen molar-refractivity contribution in [3.05, 3.63) is 35.4 Å². The van der Waals surface area contributed by atoms with Crippen LogP contribution in [-0.4, -0.2) is 44.8 Å². The molecule has 0 radical (unpaired) electrons. The molecular formula is C15H24N2O. The van der Waals surface area contributed by atoms with E-state index in [0.29, 0.717) is 6.04 Å². The first-order chi connectivity index (χ1) is 8.79. The lowest BCUT2D eigenvalue weighted by atomic mass is 10.0. The fourth-order valence-corrected chi connectivity index (χ4v) is 2.40. The second-order valence-electron chi connectivity index (χ2n) is 5.02. The molecule has 0 bridgehead atoms. The molecule has 1 aliphatic heterocycles. The average Bonchev–Trinajstić information content (AvgIpc) is 2.66. The molecule has 0 aromatic heterocycles. The maximum atomic E-state index is 5.50. The van der Waals surface area contributed by atoms with Gasteiger partial charge in [0.1, 0.15) is 0 Å². The Hall–Kier alpha value is -0.900. The van der Waals surface area contributed by atoms with E-state index < -0.39 is 0 Å². The van der Waals surface area contributed by atoms with Crippen LogP contribution in [0.15, 0.2) is 24.3 Å². The largest absolute Gasteiger partial charge is 0.380 e. The minimum atomic E-state index is 0.406. The molecule has 0 amide bonds. The van der Waals surface area contributed by atoms with Crippen molar-refractivity contribution in [2.24, 2.45) is 0 Å². The molecule has 0 saturated carbocycles. The summed E-state index contributed by atoms with van der Waals surface area (Å²) < 4.78 is 5.50. The smallest absolute Gasteiger partial charge is 0.0593 e. The standard InChI is InChI=1S/C15H24N2O/c1-13-4-6-14(7-5-13)15(16-2)12-17-8-3-10-18-11-9-17/h4-7,15-16H,3,8-12H2,1-2H3. The minimum absolute atomic E-state index is 0.406. The van der Waals surface area contributed by atoms with Gasteiger partial charge in [-0.1, -0.05) is 29.8 Å². The summed E-state index contributed by atoms with van der Waals surface area (Å²) in [6.45, 7) is 7.15. The number of hydrogen-bond acceptors (Lipinski definition) is 3. The number of nitrogens with one attached hydrogen (secondary N) is 1. The molecule has 3 nitrogen and oxygen atoms in total. The van der Waals surface area contributed by atoms with Gasteiger partial charge >= 0.3 is 0 Å². The van der Waals surface area contributed by atoms with Gasteiger partial charge in [-0.05, 0) is 26.0 Å². The van der Waals surface area contributed by atoms with Crippen molar-refractivity contribution in [1.82, 2.24) is 10.2 Å². The van der Waals surface area contributed by atoms with Crippen LogP contribution in [0.3, 0.4) is 0 Å². The lowest BCUT2D eigenvalue weighted by molar-refractivity contribution is 0.139. The third-order valence-corrected chi connectivity index (χ3v) is 3.58. The Bertz CT molecular complexity index is 342. The molecule has 3 heteroatoms. The van der Waals surface area contributed by atoms with Crippen molar-refractivity contribution in [1.29, 1.82) is 0 Å². The average molecular weight is 248 g/mol. The molecule has 1 fully saturated rings. The number of likely N-dealkylation sites (N-methyl/N-ethyl adjacent to an activating group) is 1. The summed E-state index contributed by atoms with van der Waals surface area (Å²) in [5.74, 6) is 0. The Morgan fingerprint density at radius 2 is 2.00 bits per heavy atom. The topological polar surface area (TPSA) is 24.5 Å². The first-order valence-corrected chi connectivity index (χ1v) is 6.83. The fourth-order valence-electron chi connectivity index (χ4n) is 2.40. The second-order valence-corrected chi connectivity index (χ2v) is 5.02. The quantitative estimate of drug-likeness (QED) is 0.882. The summed E-state index contributed by atoms with van der Waals surface area (Å²) in [4.78, 5) is 2.49. The van der Waals surface area contributed by atoms with E-state index in [9.17, 15) is 0 Å². The van der Waals surface area contributed by atoms with E-state index in [1.165, 1.54) is 11.1 Å². The maximum absolute atomic E-state index is 5.50. The molecule has 1 aromatic rings. The van der Waals surface area contributed by atoms with Crippen LogP contribution in [0.2, 0.25) is 0 Å². The zero-order valence-electron chi connectivity index (χ0n) is 11.5. The van der Waals surface area contributed by atoms with Crippen LogP contribution >= 0.6 is 0 Å². The molecule has 1 aromatic carbocycles. The van der Waals surface area contributed by atoms with Crippen LogP contribution in [0.5, 0.6) is 0 Å². The summed E-state index contributed by atoms with van der Waals surface area (Å²) in [5, 5.41) is 3.42. The highest BCUT2D eigenvalue weighted by Crippen LogP contribution is 2.15. The highest BCUT2D eigenvalue weighted by atomic mass is 16.5. The maximum Gasteiger partial charge on any atom is 0.0593 e. The number of ether oxygens (including phenoxy) is 1. The van der Waals surface area contributed by atoms with Crippen molar-refractivity contribution >= 4 is 0 Å². The van der Waals surface area contributed by atoms with Crippen LogP contribution in [-0.2, 0) is 4.74 Å². The molecule has 0 spiro atoms. The number of benzene rings is 1. The summed E-state index contributed by atoms with van der Waals surface area (Å²) in [6, 6.07) is 9.23. The molecule has 0 aliphatic carbocycles. The predicted molar refractivity (Wildman–Crippen MR) is 74.9 cm³/mol. The summed E-state index contributed by atoms with van der Waals surface area (Å²) >= 11 is 0. The Morgan fingerprint density at radius 3 is 2.72 bits per heavy atom. The Morgan fingerprint density at radius 1 is 1.22 bits per heavy atom. The Balaban J connectivity index is 1.97. The van der Waals surface area contributed by atoms with E-state index in [1.54, 1.807) is 0 Å². The van der Waals surface area contributed by atoms with Gasteiger partial charge in [0.15, 0.2) is 0 Å². The van der Waals surface area contributed by atoms with Crippen LogP contribution in [0, 0.1) is 6.92 Å². The second kappa shape index (κ2) is 6.88. The first kappa shape index (κ1) is 13.5. The molecule has 100 valence electrons. The van der Waals surface area contributed by atoms with Crippen molar-refractivity contribution in [2.75, 3.05) is 39.9 Å². The van der Waals surface area contributed by atoms with E-state index in [2.05, 4.69) is 41.4 Å². The van der Waals surface area contributed by atoms with Gasteiger partial charge in [-0.2, -0.15) is 0 Å². The number of aryl methyl sites for hydroxylation is 1. The van der Waals surface area contributed by atoms with E-state index in [4.69, 9.17) is 4.74 Å². The van der Waals surface area contributed by atoms with Gasteiger partial charge in [-0.15, -0.1) is 0 Å². The van der Waals surface area contributed by atoms with Gasteiger partial charge in [0.2, 0.25) is 0 Å². The predicted octanol–water partition coefficient (Wildman–Crippen LogP) is 1.98. The molecule has 2 rings (SSSR count). The summed E-state index contributed by atoms with van der Waals surface area (Å²) in [5.41, 5.74) is 2.69. The molecule has 1 heterocycles. The van der Waals surface area contributed by atoms with Crippen molar-refractivity contribution < 1.29 is 4.74 Å². The van der Waals surface area contributed by atoms with E-state index in [-0.39, 0.29) is 0 Å². The minimum Gasteiger partial charge on any atom is -0.380 e. The van der Waals surface area contributed by atoms with Gasteiger partial charge in [0.25, 0.3) is 0 Å². The Labute approximate surface area is 110 Å². The normalized spacial score (nSPS) is 19.4. The monoisotopic (exact) mass is 248 g/mol. The fraction of sp³-hybridized carbons (Fsp3) is 0.600. The number of rotatable bonds is 4. The SMILES string of the molecule is CNC(CN1CCCOCC1)c1ccc(C)cc1. The van der Waals surface area contributed by atoms with Crippen LogP contribution < -0.4 is 5.32 Å². The van der Waals surface area contributed by atoms with Gasteiger partial charge in [0.05, 0.1) is 6.61 Å². The third kappa shape index (κ3) is 3.80. The van der Waals surface area contributed by atoms with Crippen molar-refractivity contribution in [3.8, 4) is 0 Å². The van der Waals surface area contributed by atoms with Crippen molar-refractivity contribution in [2.45, 2.75) is 19.4 Å². The highest BCUT2D eigenvalue weighted by molar-refractivity contribution is 5.24. The molecule has 1 atom stereocenters. The van der Waals surface area contributed by atoms with Crippen LogP contribution in [0.4, 0.5) is 0 Å². The summed E-state index contributed by atoms with van der Waals surface area (Å²) in [7, 11) is 2.04. The Kier molecular flexibility index (Phi) is 5.17. The molecule has 1 saturated heterocycles.